The quantitative estimate of drug-likeness (QED) is 0.932. The Kier molecular flexibility index (Phi) is 3.78. The summed E-state index contributed by atoms with van der Waals surface area (Å²) < 4.78 is 5.58. The minimum Gasteiger partial charge on any atom is -0.493 e. The first kappa shape index (κ1) is 13.9. The van der Waals surface area contributed by atoms with Crippen LogP contribution in [0.1, 0.15) is 30.3 Å². The minimum atomic E-state index is 0.776. The minimum absolute atomic E-state index is 0.776. The molecule has 0 saturated heterocycles. The van der Waals surface area contributed by atoms with Crippen molar-refractivity contribution in [2.45, 2.75) is 33.6 Å². The van der Waals surface area contributed by atoms with Crippen LogP contribution in [0.25, 0.3) is 11.3 Å². The Morgan fingerprint density at radius 1 is 1.19 bits per heavy atom. The molecule has 1 N–H and O–H groups in total. The molecule has 0 bridgehead atoms. The van der Waals surface area contributed by atoms with Crippen LogP contribution in [0.3, 0.4) is 0 Å². The van der Waals surface area contributed by atoms with Crippen LogP contribution in [-0.2, 0) is 6.42 Å². The second-order valence-electron chi connectivity index (χ2n) is 5.44. The molecular weight excluding hydrogens is 262 g/mol. The van der Waals surface area contributed by atoms with Gasteiger partial charge in [0.2, 0.25) is 0 Å². The van der Waals surface area contributed by atoms with Crippen molar-refractivity contribution in [1.82, 2.24) is 9.97 Å². The van der Waals surface area contributed by atoms with E-state index in [1.807, 2.05) is 19.9 Å². The topological polar surface area (TPSA) is 47.0 Å². The monoisotopic (exact) mass is 283 g/mol. The lowest BCUT2D eigenvalue weighted by atomic mass is 10.1. The molecule has 0 atom stereocenters. The molecule has 0 saturated carbocycles. The Hall–Kier alpha value is -2.10. The Labute approximate surface area is 125 Å². The number of hydrogen-bond acceptors (Lipinski definition) is 4. The average Bonchev–Trinajstić information content (AvgIpc) is 2.95. The van der Waals surface area contributed by atoms with Crippen molar-refractivity contribution in [3.8, 4) is 17.0 Å². The Bertz CT molecular complexity index is 667. The van der Waals surface area contributed by atoms with Crippen LogP contribution < -0.4 is 10.1 Å². The first-order valence-corrected chi connectivity index (χ1v) is 7.54. The largest absolute Gasteiger partial charge is 0.493 e. The predicted molar refractivity (Wildman–Crippen MR) is 84.9 cm³/mol. The van der Waals surface area contributed by atoms with Gasteiger partial charge in [0.1, 0.15) is 11.4 Å². The molecule has 4 nitrogen and oxygen atoms in total. The van der Waals surface area contributed by atoms with Gasteiger partial charge in [-0.25, -0.2) is 9.97 Å². The number of fused-ring (bicyclic) bond motifs is 1. The van der Waals surface area contributed by atoms with Crippen molar-refractivity contribution in [2.75, 3.05) is 18.5 Å². The molecule has 4 heteroatoms. The highest BCUT2D eigenvalue weighted by Crippen LogP contribution is 2.32. The number of ether oxygens (including phenoxy) is 1. The van der Waals surface area contributed by atoms with E-state index in [2.05, 4.69) is 29.4 Å². The number of aryl methyl sites for hydroxylation is 2. The molecule has 110 valence electrons. The number of hydrogen-bond donors (Lipinski definition) is 1. The summed E-state index contributed by atoms with van der Waals surface area (Å²) in [4.78, 5) is 9.43. The second kappa shape index (κ2) is 5.72. The molecule has 1 aromatic heterocycles. The normalized spacial score (nSPS) is 12.9. The van der Waals surface area contributed by atoms with Crippen molar-refractivity contribution in [2.24, 2.45) is 0 Å². The average molecular weight is 283 g/mol. The fourth-order valence-electron chi connectivity index (χ4n) is 2.50. The van der Waals surface area contributed by atoms with Gasteiger partial charge in [-0.2, -0.15) is 0 Å². The van der Waals surface area contributed by atoms with E-state index in [4.69, 9.17) is 9.72 Å². The first-order chi connectivity index (χ1) is 10.2. The zero-order chi connectivity index (χ0) is 14.8. The summed E-state index contributed by atoms with van der Waals surface area (Å²) in [6.07, 6.45) is 2.03. The van der Waals surface area contributed by atoms with Crippen molar-refractivity contribution in [3.05, 3.63) is 35.2 Å². The van der Waals surface area contributed by atoms with Gasteiger partial charge < -0.3 is 10.1 Å². The van der Waals surface area contributed by atoms with E-state index in [1.54, 1.807) is 0 Å². The van der Waals surface area contributed by atoms with E-state index < -0.39 is 0 Å². The summed E-state index contributed by atoms with van der Waals surface area (Å²) in [6, 6.07) is 6.29. The van der Waals surface area contributed by atoms with E-state index in [0.29, 0.717) is 0 Å². The van der Waals surface area contributed by atoms with Gasteiger partial charge in [0.15, 0.2) is 5.82 Å². The summed E-state index contributed by atoms with van der Waals surface area (Å²) in [6.45, 7) is 7.83. The molecule has 21 heavy (non-hydrogen) atoms. The van der Waals surface area contributed by atoms with Gasteiger partial charge in [0.25, 0.3) is 0 Å². The number of aromatic nitrogens is 2. The predicted octanol–water partition coefficient (Wildman–Crippen LogP) is 3.52. The third-order valence-corrected chi connectivity index (χ3v) is 3.81. The van der Waals surface area contributed by atoms with E-state index >= 15 is 0 Å². The van der Waals surface area contributed by atoms with Gasteiger partial charge in [0, 0.05) is 18.5 Å². The zero-order valence-corrected chi connectivity index (χ0v) is 12.9. The molecule has 2 heterocycles. The summed E-state index contributed by atoms with van der Waals surface area (Å²) in [5, 5.41) is 3.39. The maximum absolute atomic E-state index is 5.58. The van der Waals surface area contributed by atoms with Crippen molar-refractivity contribution in [3.63, 3.8) is 0 Å². The standard InChI is InChI=1S/C17H21N3O/c1-4-8-18-17-16(19-11(2)12(3)20-17)14-5-6-15-13(10-14)7-9-21-15/h5-6,10H,4,7-9H2,1-3H3,(H,18,20). The molecule has 0 fully saturated rings. The fourth-order valence-corrected chi connectivity index (χ4v) is 2.50. The van der Waals surface area contributed by atoms with Crippen LogP contribution in [0.15, 0.2) is 18.2 Å². The van der Waals surface area contributed by atoms with Gasteiger partial charge >= 0.3 is 0 Å². The molecule has 0 radical (unpaired) electrons. The highest BCUT2D eigenvalue weighted by Gasteiger charge is 2.16. The van der Waals surface area contributed by atoms with E-state index in [0.717, 1.165) is 60.2 Å². The molecule has 1 aliphatic rings. The van der Waals surface area contributed by atoms with E-state index in [1.165, 1.54) is 5.56 Å². The maximum Gasteiger partial charge on any atom is 0.152 e. The van der Waals surface area contributed by atoms with Gasteiger partial charge in [-0.15, -0.1) is 0 Å². The van der Waals surface area contributed by atoms with Crippen LogP contribution in [0, 0.1) is 13.8 Å². The molecule has 3 rings (SSSR count). The SMILES string of the molecule is CCCNc1nc(C)c(C)nc1-c1ccc2c(c1)CCO2. The second-order valence-corrected chi connectivity index (χ2v) is 5.44. The van der Waals surface area contributed by atoms with Crippen LogP contribution in [0.4, 0.5) is 5.82 Å². The zero-order valence-electron chi connectivity index (χ0n) is 12.9. The number of anilines is 1. The smallest absolute Gasteiger partial charge is 0.152 e. The number of rotatable bonds is 4. The number of nitrogens with zero attached hydrogens (tertiary/aromatic N) is 2. The fraction of sp³-hybridized carbons (Fsp3) is 0.412. The van der Waals surface area contributed by atoms with Gasteiger partial charge in [-0.1, -0.05) is 6.92 Å². The van der Waals surface area contributed by atoms with Gasteiger partial charge in [0.05, 0.1) is 18.0 Å². The van der Waals surface area contributed by atoms with Gasteiger partial charge in [-0.05, 0) is 44.0 Å². The lowest BCUT2D eigenvalue weighted by Gasteiger charge is -2.13. The van der Waals surface area contributed by atoms with Crippen molar-refractivity contribution >= 4 is 5.82 Å². The van der Waals surface area contributed by atoms with Gasteiger partial charge in [-0.3, -0.25) is 0 Å². The summed E-state index contributed by atoms with van der Waals surface area (Å²) >= 11 is 0. The van der Waals surface area contributed by atoms with Crippen molar-refractivity contribution in [1.29, 1.82) is 0 Å². The number of nitrogens with one attached hydrogen (secondary N) is 1. The maximum atomic E-state index is 5.58. The lowest BCUT2D eigenvalue weighted by molar-refractivity contribution is 0.357. The van der Waals surface area contributed by atoms with Crippen LogP contribution in [0.5, 0.6) is 5.75 Å². The molecular formula is C17H21N3O. The molecule has 0 unspecified atom stereocenters. The Morgan fingerprint density at radius 3 is 2.81 bits per heavy atom. The van der Waals surface area contributed by atoms with E-state index in [-0.39, 0.29) is 0 Å². The van der Waals surface area contributed by atoms with Crippen molar-refractivity contribution < 1.29 is 4.74 Å². The summed E-state index contributed by atoms with van der Waals surface area (Å²) in [7, 11) is 0. The van der Waals surface area contributed by atoms with E-state index in [9.17, 15) is 0 Å². The molecule has 0 amide bonds. The first-order valence-electron chi connectivity index (χ1n) is 7.54. The highest BCUT2D eigenvalue weighted by molar-refractivity contribution is 5.73. The molecule has 1 aliphatic heterocycles. The molecule has 2 aromatic rings. The number of benzene rings is 1. The Balaban J connectivity index is 2.05. The lowest BCUT2D eigenvalue weighted by Crippen LogP contribution is -2.07. The summed E-state index contributed by atoms with van der Waals surface area (Å²) in [5.41, 5.74) is 5.24. The Morgan fingerprint density at radius 2 is 2.00 bits per heavy atom. The molecule has 0 aliphatic carbocycles. The third kappa shape index (κ3) is 2.71. The summed E-state index contributed by atoms with van der Waals surface area (Å²) in [5.74, 6) is 1.87. The highest BCUT2D eigenvalue weighted by atomic mass is 16.5. The van der Waals surface area contributed by atoms with Crippen LogP contribution in [-0.4, -0.2) is 23.1 Å². The third-order valence-electron chi connectivity index (χ3n) is 3.81. The van der Waals surface area contributed by atoms with Crippen LogP contribution >= 0.6 is 0 Å². The van der Waals surface area contributed by atoms with Crippen LogP contribution in [0.2, 0.25) is 0 Å². The molecule has 0 spiro atoms. The molecule has 1 aromatic carbocycles.